The van der Waals surface area contributed by atoms with Gasteiger partial charge in [-0.2, -0.15) is 4.31 Å². The fourth-order valence-corrected chi connectivity index (χ4v) is 3.56. The Hall–Kier alpha value is -2.19. The van der Waals surface area contributed by atoms with Gasteiger partial charge >= 0.3 is 0 Å². The highest BCUT2D eigenvalue weighted by Gasteiger charge is 2.26. The fourth-order valence-electron chi connectivity index (χ4n) is 2.11. The van der Waals surface area contributed by atoms with Gasteiger partial charge in [-0.1, -0.05) is 19.1 Å². The summed E-state index contributed by atoms with van der Waals surface area (Å²) in [5, 5.41) is 5.26. The molecule has 2 amide bonds. The van der Waals surface area contributed by atoms with Crippen LogP contribution in [0.2, 0.25) is 0 Å². The molecule has 0 heterocycles. The zero-order chi connectivity index (χ0) is 19.0. The van der Waals surface area contributed by atoms with Crippen LogP contribution in [0.5, 0.6) is 0 Å². The lowest BCUT2D eigenvalue weighted by molar-refractivity contribution is -0.121. The van der Waals surface area contributed by atoms with Crippen LogP contribution in [0.3, 0.4) is 0 Å². The van der Waals surface area contributed by atoms with E-state index in [4.69, 9.17) is 0 Å². The summed E-state index contributed by atoms with van der Waals surface area (Å²) in [7, 11) is -3.89. The molecule has 7 nitrogen and oxygen atoms in total. The quantitative estimate of drug-likeness (QED) is 0.640. The molecule has 0 fully saturated rings. The number of hydrogen-bond donors (Lipinski definition) is 2. The molecule has 0 radical (unpaired) electrons. The molecule has 0 saturated carbocycles. The molecule has 1 aromatic rings. The third-order valence-corrected chi connectivity index (χ3v) is 5.18. The summed E-state index contributed by atoms with van der Waals surface area (Å²) in [5.41, 5.74) is 0.227. The lowest BCUT2D eigenvalue weighted by Gasteiger charge is -2.21. The number of sulfonamides is 1. The van der Waals surface area contributed by atoms with Crippen molar-refractivity contribution >= 4 is 21.8 Å². The van der Waals surface area contributed by atoms with Gasteiger partial charge in [0.25, 0.3) is 5.91 Å². The molecule has 0 aromatic heterocycles. The third-order valence-electron chi connectivity index (χ3n) is 3.26. The summed E-state index contributed by atoms with van der Waals surface area (Å²) >= 11 is 0. The maximum Gasteiger partial charge on any atom is 0.251 e. The van der Waals surface area contributed by atoms with Crippen LogP contribution in [0.1, 0.15) is 31.1 Å². The summed E-state index contributed by atoms with van der Waals surface area (Å²) in [4.78, 5) is 23.9. The van der Waals surface area contributed by atoms with Crippen molar-refractivity contribution in [1.29, 1.82) is 0 Å². The average Bonchev–Trinajstić information content (AvgIpc) is 2.56. The second kappa shape index (κ2) is 9.33. The first-order valence-electron chi connectivity index (χ1n) is 8.01. The number of carbonyl (C=O) groups excluding carboxylic acids is 2. The monoisotopic (exact) mass is 367 g/mol. The predicted octanol–water partition coefficient (Wildman–Crippen LogP) is 1.14. The Morgan fingerprint density at radius 3 is 2.56 bits per heavy atom. The molecular formula is C17H25N3O4S. The van der Waals surface area contributed by atoms with Gasteiger partial charge in [-0.15, -0.1) is 6.58 Å². The minimum atomic E-state index is -3.89. The van der Waals surface area contributed by atoms with Crippen LogP contribution >= 0.6 is 0 Å². The highest BCUT2D eigenvalue weighted by atomic mass is 32.2. The smallest absolute Gasteiger partial charge is 0.251 e. The summed E-state index contributed by atoms with van der Waals surface area (Å²) in [5.74, 6) is -0.766. The lowest BCUT2D eigenvalue weighted by atomic mass is 10.2. The lowest BCUT2D eigenvalue weighted by Crippen LogP contribution is -2.42. The van der Waals surface area contributed by atoms with Crippen LogP contribution in [0, 0.1) is 0 Å². The number of carbonyl (C=O) groups is 2. The van der Waals surface area contributed by atoms with E-state index in [1.54, 1.807) is 20.8 Å². The number of rotatable bonds is 9. The summed E-state index contributed by atoms with van der Waals surface area (Å²) in [6.07, 6.45) is 1.53. The fraction of sp³-hybridized carbons (Fsp3) is 0.412. The molecule has 0 atom stereocenters. The van der Waals surface area contributed by atoms with E-state index in [-0.39, 0.29) is 42.0 Å². The van der Waals surface area contributed by atoms with Crippen molar-refractivity contribution in [2.75, 3.05) is 19.6 Å². The number of nitrogens with one attached hydrogen (secondary N) is 2. The average molecular weight is 367 g/mol. The Morgan fingerprint density at radius 2 is 2.00 bits per heavy atom. The van der Waals surface area contributed by atoms with Crippen molar-refractivity contribution in [2.45, 2.75) is 31.7 Å². The number of likely N-dealkylation sites (N-methyl/N-ethyl adjacent to an activating group) is 1. The van der Waals surface area contributed by atoms with Gasteiger partial charge in [0, 0.05) is 24.7 Å². The van der Waals surface area contributed by atoms with Gasteiger partial charge in [0.2, 0.25) is 15.9 Å². The van der Waals surface area contributed by atoms with Crippen molar-refractivity contribution in [2.24, 2.45) is 0 Å². The van der Waals surface area contributed by atoms with Crippen LogP contribution in [0.4, 0.5) is 0 Å². The van der Waals surface area contributed by atoms with E-state index < -0.39 is 15.9 Å². The molecule has 0 aliphatic rings. The Morgan fingerprint density at radius 1 is 1.32 bits per heavy atom. The third kappa shape index (κ3) is 5.99. The van der Waals surface area contributed by atoms with Gasteiger partial charge in [-0.05, 0) is 32.0 Å². The molecule has 8 heteroatoms. The molecule has 0 spiro atoms. The van der Waals surface area contributed by atoms with Gasteiger partial charge in [0.1, 0.15) is 0 Å². The Labute approximate surface area is 149 Å². The van der Waals surface area contributed by atoms with Crippen LogP contribution < -0.4 is 10.6 Å². The predicted molar refractivity (Wildman–Crippen MR) is 96.7 cm³/mol. The molecule has 1 rings (SSSR count). The van der Waals surface area contributed by atoms with E-state index in [2.05, 4.69) is 17.2 Å². The van der Waals surface area contributed by atoms with Crippen LogP contribution in [-0.2, 0) is 14.8 Å². The van der Waals surface area contributed by atoms with Gasteiger partial charge < -0.3 is 10.6 Å². The van der Waals surface area contributed by atoms with Crippen molar-refractivity contribution in [3.05, 3.63) is 42.5 Å². The molecule has 0 bridgehead atoms. The molecule has 0 unspecified atom stereocenters. The Bertz CT molecular complexity index is 729. The van der Waals surface area contributed by atoms with E-state index in [9.17, 15) is 18.0 Å². The second-order valence-corrected chi connectivity index (χ2v) is 7.62. The van der Waals surface area contributed by atoms with E-state index in [1.807, 2.05) is 0 Å². The first kappa shape index (κ1) is 20.9. The molecular weight excluding hydrogens is 342 g/mol. The van der Waals surface area contributed by atoms with Crippen LogP contribution in [0.15, 0.2) is 41.8 Å². The van der Waals surface area contributed by atoms with E-state index in [0.717, 1.165) is 4.31 Å². The first-order chi connectivity index (χ1) is 11.7. The minimum Gasteiger partial charge on any atom is -0.353 e. The van der Waals surface area contributed by atoms with Gasteiger partial charge in [0.15, 0.2) is 0 Å². The van der Waals surface area contributed by atoms with Crippen LogP contribution in [-0.4, -0.2) is 50.2 Å². The Balaban J connectivity index is 3.04. The zero-order valence-corrected chi connectivity index (χ0v) is 15.6. The normalized spacial score (nSPS) is 11.4. The molecule has 138 valence electrons. The molecule has 25 heavy (non-hydrogen) atoms. The highest BCUT2D eigenvalue weighted by molar-refractivity contribution is 7.89. The van der Waals surface area contributed by atoms with E-state index >= 15 is 0 Å². The van der Waals surface area contributed by atoms with Crippen molar-refractivity contribution in [3.63, 3.8) is 0 Å². The maximum atomic E-state index is 12.8. The summed E-state index contributed by atoms with van der Waals surface area (Å²) < 4.78 is 26.6. The largest absolute Gasteiger partial charge is 0.353 e. The first-order valence-corrected chi connectivity index (χ1v) is 9.45. The number of hydrogen-bond acceptors (Lipinski definition) is 4. The van der Waals surface area contributed by atoms with Gasteiger partial charge in [0.05, 0.1) is 11.4 Å². The molecule has 0 aliphatic carbocycles. The van der Waals surface area contributed by atoms with E-state index in [0.29, 0.717) is 0 Å². The summed E-state index contributed by atoms with van der Waals surface area (Å²) in [6, 6.07) is 5.65. The number of benzene rings is 1. The SMILES string of the molecule is C=CCNC(=O)c1cccc(S(=O)(=O)N(CC)CC(=O)NC(C)C)c1. The molecule has 0 aliphatic heterocycles. The number of nitrogens with zero attached hydrogens (tertiary/aromatic N) is 1. The number of amides is 2. The van der Waals surface area contributed by atoms with E-state index in [1.165, 1.54) is 30.3 Å². The second-order valence-electron chi connectivity index (χ2n) is 5.68. The van der Waals surface area contributed by atoms with Crippen molar-refractivity contribution in [1.82, 2.24) is 14.9 Å². The van der Waals surface area contributed by atoms with Crippen molar-refractivity contribution in [3.8, 4) is 0 Å². The van der Waals surface area contributed by atoms with Crippen LogP contribution in [0.25, 0.3) is 0 Å². The van der Waals surface area contributed by atoms with Crippen molar-refractivity contribution < 1.29 is 18.0 Å². The maximum absolute atomic E-state index is 12.8. The molecule has 0 saturated heterocycles. The summed E-state index contributed by atoms with van der Waals surface area (Å²) in [6.45, 7) is 8.91. The van der Waals surface area contributed by atoms with Gasteiger partial charge in [-0.3, -0.25) is 9.59 Å². The topological polar surface area (TPSA) is 95.6 Å². The molecule has 2 N–H and O–H groups in total. The Kier molecular flexibility index (Phi) is 7.79. The van der Waals surface area contributed by atoms with Gasteiger partial charge in [-0.25, -0.2) is 8.42 Å². The highest BCUT2D eigenvalue weighted by Crippen LogP contribution is 2.17. The zero-order valence-electron chi connectivity index (χ0n) is 14.8. The standard InChI is InChI=1S/C17H25N3O4S/c1-5-10-18-17(22)14-8-7-9-15(11-14)25(23,24)20(6-2)12-16(21)19-13(3)4/h5,7-9,11,13H,1,6,10,12H2,2-4H3,(H,18,22)(H,19,21). The molecule has 1 aromatic carbocycles. The minimum absolute atomic E-state index is 0.0297.